The number of hydrogen-bond acceptors (Lipinski definition) is 6. The van der Waals surface area contributed by atoms with Gasteiger partial charge in [-0.25, -0.2) is 9.59 Å². The second-order valence-electron chi connectivity index (χ2n) is 9.42. The van der Waals surface area contributed by atoms with Gasteiger partial charge in [-0.15, -0.1) is 22.7 Å². The van der Waals surface area contributed by atoms with E-state index in [4.69, 9.17) is 8.83 Å². The van der Waals surface area contributed by atoms with Crippen LogP contribution in [-0.2, 0) is 0 Å². The van der Waals surface area contributed by atoms with Gasteiger partial charge in [0, 0.05) is 35.7 Å². The molecule has 4 aromatic heterocycles. The lowest BCUT2D eigenvalue weighted by Crippen LogP contribution is -2.01. The molecule has 0 unspecified atom stereocenters. The van der Waals surface area contributed by atoms with Crippen LogP contribution in [0.4, 0.5) is 0 Å². The van der Waals surface area contributed by atoms with Crippen LogP contribution in [0.25, 0.3) is 63.3 Å². The van der Waals surface area contributed by atoms with Crippen LogP contribution in [0.2, 0.25) is 0 Å². The van der Waals surface area contributed by atoms with Gasteiger partial charge in [0.25, 0.3) is 0 Å². The van der Waals surface area contributed by atoms with E-state index in [0.717, 1.165) is 52.2 Å². The third kappa shape index (κ3) is 3.72. The van der Waals surface area contributed by atoms with E-state index in [1.54, 1.807) is 0 Å². The average Bonchev–Trinajstić information content (AvgIpc) is 3.58. The molecule has 0 N–H and O–H groups in total. The summed E-state index contributed by atoms with van der Waals surface area (Å²) in [6.07, 6.45) is 0. The van der Waals surface area contributed by atoms with E-state index < -0.39 is 0 Å². The predicted octanol–water partition coefficient (Wildman–Crippen LogP) is 8.79. The zero-order valence-electron chi connectivity index (χ0n) is 20.5. The Kier molecular flexibility index (Phi) is 5.21. The molecule has 4 nitrogen and oxygen atoms in total. The Labute approximate surface area is 225 Å². The highest BCUT2D eigenvalue weighted by Gasteiger charge is 2.16. The summed E-state index contributed by atoms with van der Waals surface area (Å²) in [5.41, 5.74) is 3.79. The predicted molar refractivity (Wildman–Crippen MR) is 158 cm³/mol. The molecule has 3 aromatic carbocycles. The number of rotatable bonds is 3. The van der Waals surface area contributed by atoms with Crippen molar-refractivity contribution in [3.05, 3.63) is 117 Å². The SMILES string of the molecule is Cc1ccc2cc(-c3ccc(-c4ccc(-c5cc6ccc7c(C)cccc7c6oc5=O)s4)s3)c(=O)oc2c1. The molecule has 0 saturated heterocycles. The van der Waals surface area contributed by atoms with Crippen molar-refractivity contribution in [1.29, 1.82) is 0 Å². The van der Waals surface area contributed by atoms with Gasteiger partial charge >= 0.3 is 11.3 Å². The van der Waals surface area contributed by atoms with Crippen LogP contribution < -0.4 is 11.3 Å². The fourth-order valence-electron chi connectivity index (χ4n) is 4.89. The first kappa shape index (κ1) is 22.9. The van der Waals surface area contributed by atoms with E-state index in [9.17, 15) is 9.59 Å². The van der Waals surface area contributed by atoms with Gasteiger partial charge in [-0.3, -0.25) is 0 Å². The zero-order valence-corrected chi connectivity index (χ0v) is 22.2. The number of benzene rings is 3. The minimum absolute atomic E-state index is 0.347. The minimum atomic E-state index is -0.351. The Balaban J connectivity index is 1.26. The second-order valence-corrected chi connectivity index (χ2v) is 11.6. The molecule has 7 rings (SSSR count). The lowest BCUT2D eigenvalue weighted by atomic mass is 10.0. The van der Waals surface area contributed by atoms with Crippen LogP contribution in [0.1, 0.15) is 11.1 Å². The van der Waals surface area contributed by atoms with Crippen molar-refractivity contribution in [3.63, 3.8) is 0 Å². The topological polar surface area (TPSA) is 60.4 Å². The number of hydrogen-bond donors (Lipinski definition) is 0. The lowest BCUT2D eigenvalue weighted by molar-refractivity contribution is 0.563. The molecule has 0 aliphatic rings. The van der Waals surface area contributed by atoms with Crippen LogP contribution in [0, 0.1) is 13.8 Å². The van der Waals surface area contributed by atoms with Gasteiger partial charge in [0.05, 0.1) is 11.1 Å². The van der Waals surface area contributed by atoms with E-state index in [-0.39, 0.29) is 11.3 Å². The Hall–Kier alpha value is -4.26. The lowest BCUT2D eigenvalue weighted by Gasteiger charge is -2.06. The summed E-state index contributed by atoms with van der Waals surface area (Å²) in [5, 5.41) is 3.81. The maximum atomic E-state index is 13.1. The van der Waals surface area contributed by atoms with Gasteiger partial charge < -0.3 is 8.83 Å². The molecule has 0 radical (unpaired) electrons. The number of thiophene rings is 2. The molecule has 4 heterocycles. The molecular formula is C32H20O4S2. The van der Waals surface area contributed by atoms with Crippen LogP contribution in [0.15, 0.2) is 103 Å². The molecule has 184 valence electrons. The first-order valence-corrected chi connectivity index (χ1v) is 13.8. The van der Waals surface area contributed by atoms with Gasteiger partial charge in [-0.05, 0) is 72.8 Å². The smallest absolute Gasteiger partial charge is 0.345 e. The van der Waals surface area contributed by atoms with Crippen molar-refractivity contribution in [2.24, 2.45) is 0 Å². The molecule has 0 bridgehead atoms. The van der Waals surface area contributed by atoms with Crippen molar-refractivity contribution in [1.82, 2.24) is 0 Å². The van der Waals surface area contributed by atoms with Crippen molar-refractivity contribution >= 4 is 55.4 Å². The van der Waals surface area contributed by atoms with Gasteiger partial charge in [-0.2, -0.15) is 0 Å². The molecular weight excluding hydrogens is 512 g/mol. The summed E-state index contributed by atoms with van der Waals surface area (Å²) >= 11 is 3.07. The summed E-state index contributed by atoms with van der Waals surface area (Å²) in [4.78, 5) is 29.5. The standard InChI is InChI=1S/C32H20O4S2/c1-17-6-7-19-15-23(31(33)35-25(19)14-17)26-10-12-28(37-26)29-13-11-27(38-29)24-16-20-8-9-21-18(2)4-3-5-22(21)30(20)36-32(24)34/h3-16H,1-2H3. The average molecular weight is 533 g/mol. The van der Waals surface area contributed by atoms with E-state index in [0.29, 0.717) is 22.3 Å². The van der Waals surface area contributed by atoms with Crippen molar-refractivity contribution in [2.75, 3.05) is 0 Å². The van der Waals surface area contributed by atoms with Crippen LogP contribution >= 0.6 is 22.7 Å². The van der Waals surface area contributed by atoms with Crippen LogP contribution in [0.5, 0.6) is 0 Å². The number of aryl methyl sites for hydroxylation is 2. The first-order chi connectivity index (χ1) is 18.4. The van der Waals surface area contributed by atoms with E-state index >= 15 is 0 Å². The van der Waals surface area contributed by atoms with Crippen LogP contribution in [0.3, 0.4) is 0 Å². The molecule has 6 heteroatoms. The van der Waals surface area contributed by atoms with Crippen molar-refractivity contribution in [2.45, 2.75) is 13.8 Å². The maximum Gasteiger partial charge on any atom is 0.345 e. The molecule has 0 aliphatic carbocycles. The van der Waals surface area contributed by atoms with E-state index in [2.05, 4.69) is 19.1 Å². The van der Waals surface area contributed by atoms with Crippen molar-refractivity contribution < 1.29 is 8.83 Å². The maximum absolute atomic E-state index is 13.1. The summed E-state index contributed by atoms with van der Waals surface area (Å²) in [7, 11) is 0. The molecule has 7 aromatic rings. The molecule has 0 fully saturated rings. The zero-order chi connectivity index (χ0) is 26.0. The third-order valence-electron chi connectivity index (χ3n) is 6.85. The minimum Gasteiger partial charge on any atom is -0.422 e. The largest absolute Gasteiger partial charge is 0.422 e. The Morgan fingerprint density at radius 1 is 0.579 bits per heavy atom. The fraction of sp³-hybridized carbons (Fsp3) is 0.0625. The van der Waals surface area contributed by atoms with Gasteiger partial charge in [0.2, 0.25) is 0 Å². The molecule has 0 aliphatic heterocycles. The Morgan fingerprint density at radius 2 is 1.21 bits per heavy atom. The third-order valence-corrected chi connectivity index (χ3v) is 9.29. The summed E-state index contributed by atoms with van der Waals surface area (Å²) in [5.74, 6) is 0. The van der Waals surface area contributed by atoms with Gasteiger partial charge in [0.15, 0.2) is 0 Å². The molecule has 0 saturated carbocycles. The quantitative estimate of drug-likeness (QED) is 0.169. The van der Waals surface area contributed by atoms with Crippen LogP contribution in [-0.4, -0.2) is 0 Å². The van der Waals surface area contributed by atoms with Gasteiger partial charge in [-0.1, -0.05) is 42.5 Å². The highest BCUT2D eigenvalue weighted by Crippen LogP contribution is 2.40. The molecule has 0 atom stereocenters. The highest BCUT2D eigenvalue weighted by atomic mass is 32.1. The molecule has 0 spiro atoms. The highest BCUT2D eigenvalue weighted by molar-refractivity contribution is 7.25. The summed E-state index contributed by atoms with van der Waals surface area (Å²) in [6, 6.07) is 27.7. The second kappa shape index (κ2) is 8.65. The summed E-state index contributed by atoms with van der Waals surface area (Å²) in [6.45, 7) is 4.02. The van der Waals surface area contributed by atoms with Gasteiger partial charge in [0.1, 0.15) is 11.2 Å². The molecule has 38 heavy (non-hydrogen) atoms. The normalized spacial score (nSPS) is 11.6. The Morgan fingerprint density at radius 3 is 1.95 bits per heavy atom. The molecule has 0 amide bonds. The Bertz CT molecular complexity index is 2160. The summed E-state index contributed by atoms with van der Waals surface area (Å²) < 4.78 is 11.5. The van der Waals surface area contributed by atoms with E-state index in [1.165, 1.54) is 22.7 Å². The van der Waals surface area contributed by atoms with Crippen molar-refractivity contribution in [3.8, 4) is 30.6 Å². The monoisotopic (exact) mass is 532 g/mol. The fourth-order valence-corrected chi connectivity index (χ4v) is 7.00. The first-order valence-electron chi connectivity index (χ1n) is 12.2. The number of fused-ring (bicyclic) bond motifs is 4. The van der Waals surface area contributed by atoms with E-state index in [1.807, 2.05) is 79.7 Å².